The van der Waals surface area contributed by atoms with Crippen molar-refractivity contribution >= 4 is 23.9 Å². The van der Waals surface area contributed by atoms with Gasteiger partial charge < -0.3 is 29.7 Å². The minimum atomic E-state index is -0.909. The van der Waals surface area contributed by atoms with Crippen molar-refractivity contribution in [1.29, 1.82) is 0 Å². The molecule has 0 aromatic heterocycles. The molecule has 49 heavy (non-hydrogen) atoms. The third-order valence-corrected chi connectivity index (χ3v) is 8.35. The van der Waals surface area contributed by atoms with Crippen LogP contribution in [0, 0.1) is 0 Å². The van der Waals surface area contributed by atoms with Crippen molar-refractivity contribution < 1.29 is 62.5 Å². The van der Waals surface area contributed by atoms with Gasteiger partial charge in [0.2, 0.25) is 0 Å². The van der Waals surface area contributed by atoms with E-state index in [0.29, 0.717) is 5.57 Å². The van der Waals surface area contributed by atoms with Crippen molar-refractivity contribution in [3.63, 3.8) is 0 Å². The number of hydrogen-bond donors (Lipinski definition) is 0. The van der Waals surface area contributed by atoms with Crippen LogP contribution in [0.25, 0.3) is 0 Å². The van der Waals surface area contributed by atoms with Gasteiger partial charge in [0.05, 0.1) is 0 Å². The van der Waals surface area contributed by atoms with E-state index in [4.69, 9.17) is 0 Å². The molecule has 0 radical (unpaired) electrons. The molecule has 0 aliphatic rings. The van der Waals surface area contributed by atoms with E-state index in [2.05, 4.69) is 30.2 Å². The molecule has 286 valence electrons. The molecule has 0 saturated carbocycles. The van der Waals surface area contributed by atoms with Crippen LogP contribution in [-0.2, 0) is 47.2 Å². The number of aliphatic carboxylic acids is 3. The number of unbranched alkanes of at least 4 members (excludes halogenated alkanes) is 24. The summed E-state index contributed by atoms with van der Waals surface area (Å²) in [5.74, 6) is -3.04. The maximum absolute atomic E-state index is 10.2. The Balaban J connectivity index is -0.000000283. The van der Waals surface area contributed by atoms with Crippen LogP contribution >= 0.6 is 0 Å². The Bertz CT molecular complexity index is 666. The van der Waals surface area contributed by atoms with Crippen LogP contribution in [0.4, 0.5) is 0 Å². The number of carbonyl (C=O) groups excluding carboxylic acids is 4. The number of carbonyl (C=O) groups is 4. The van der Waals surface area contributed by atoms with Crippen molar-refractivity contribution in [2.45, 2.75) is 220 Å². The van der Waals surface area contributed by atoms with Crippen LogP contribution in [0.1, 0.15) is 220 Å². The molecule has 0 aromatic carbocycles. The second kappa shape index (κ2) is 48.6. The molecule has 0 heterocycles. The van der Waals surface area contributed by atoms with Gasteiger partial charge in [0.25, 0.3) is 0 Å². The van der Waals surface area contributed by atoms with E-state index in [-0.39, 0.29) is 25.2 Å². The first-order valence-corrected chi connectivity index (χ1v) is 20.6. The SMILES string of the molecule is C=C(C)C(=O)[O][Zr+3].CCCCCCCCCCCC(=O)[O-].CCCCCCCCCCCC(=O)[O-].CCCCCCCCCCCC(=O)[O-]. The average molecular weight is 774 g/mol. The van der Waals surface area contributed by atoms with Gasteiger partial charge in [-0.05, 0) is 38.5 Å². The fourth-order valence-electron chi connectivity index (χ4n) is 4.83. The summed E-state index contributed by atoms with van der Waals surface area (Å²) in [6.45, 7) is 11.6. The molecule has 9 heteroatoms. The van der Waals surface area contributed by atoms with E-state index in [1.807, 2.05) is 0 Å². The summed E-state index contributed by atoms with van der Waals surface area (Å²) in [5, 5.41) is 30.3. The Hall–Kier alpha value is -1.50. The molecule has 0 aromatic rings. The summed E-state index contributed by atoms with van der Waals surface area (Å²) in [6, 6.07) is 0. The smallest absolute Gasteiger partial charge is 0.0414 e. The van der Waals surface area contributed by atoms with E-state index >= 15 is 0 Å². The number of carboxylic acids is 3. The van der Waals surface area contributed by atoms with E-state index < -0.39 is 17.9 Å². The van der Waals surface area contributed by atoms with E-state index in [9.17, 15) is 34.5 Å². The first-order chi connectivity index (χ1) is 23.5. The molecule has 0 saturated heterocycles. The van der Waals surface area contributed by atoms with Gasteiger partial charge in [-0.1, -0.05) is 175 Å². The molecular weight excluding hydrogens is 700 g/mol. The zero-order chi connectivity index (χ0) is 37.8. The Kier molecular flexibility index (Phi) is 53.9. The van der Waals surface area contributed by atoms with Crippen molar-refractivity contribution in [3.05, 3.63) is 12.2 Å². The van der Waals surface area contributed by atoms with E-state index in [0.717, 1.165) is 63.7 Å². The minimum Gasteiger partial charge on any atom is -0.550 e. The quantitative estimate of drug-likeness (QED) is 0.0503. The Morgan fingerprint density at radius 3 is 0.735 bits per heavy atom. The van der Waals surface area contributed by atoms with Gasteiger partial charge >= 0.3 is 57.8 Å². The second-order valence-corrected chi connectivity index (χ2v) is 13.5. The third-order valence-electron chi connectivity index (χ3n) is 7.89. The number of carboxylic acid groups (broad SMARTS) is 3. The molecule has 0 spiro atoms. The first kappa shape index (κ1) is 54.3. The van der Waals surface area contributed by atoms with Crippen LogP contribution < -0.4 is 15.3 Å². The Labute approximate surface area is 317 Å². The third kappa shape index (κ3) is 65.5. The van der Waals surface area contributed by atoms with Crippen LogP contribution in [0.15, 0.2) is 12.2 Å². The molecule has 0 rings (SSSR count). The number of hydrogen-bond acceptors (Lipinski definition) is 8. The van der Waals surface area contributed by atoms with Gasteiger partial charge in [0.1, 0.15) is 0 Å². The molecule has 0 N–H and O–H groups in total. The van der Waals surface area contributed by atoms with E-state index in [1.165, 1.54) is 135 Å². The first-order valence-electron chi connectivity index (χ1n) is 19.6. The average Bonchev–Trinajstić information content (AvgIpc) is 3.06. The van der Waals surface area contributed by atoms with Gasteiger partial charge in [0, 0.05) is 17.9 Å². The monoisotopic (exact) mass is 772 g/mol. The number of rotatable bonds is 31. The largest absolute Gasteiger partial charge is 0.550 e. The maximum Gasteiger partial charge on any atom is 0.0414 e. The van der Waals surface area contributed by atoms with Gasteiger partial charge in [-0.15, -0.1) is 0 Å². The van der Waals surface area contributed by atoms with Gasteiger partial charge in [0.15, 0.2) is 0 Å². The summed E-state index contributed by atoms with van der Waals surface area (Å²) < 4.78 is 4.36. The minimum absolute atomic E-state index is 0.232. The fraction of sp³-hybridized carbons (Fsp3) is 0.850. The summed E-state index contributed by atoms with van der Waals surface area (Å²) >= 11 is 0.767. The summed E-state index contributed by atoms with van der Waals surface area (Å²) in [5.41, 5.74) is 0.455. The molecule has 0 fully saturated rings. The Morgan fingerprint density at radius 2 is 0.612 bits per heavy atom. The summed E-state index contributed by atoms with van der Waals surface area (Å²) in [4.78, 5) is 40.5. The molecule has 0 bridgehead atoms. The van der Waals surface area contributed by atoms with Crippen molar-refractivity contribution in [3.8, 4) is 0 Å². The van der Waals surface area contributed by atoms with Gasteiger partial charge in [-0.2, -0.15) is 0 Å². The molecular formula is C40H74O8Zr. The normalized spacial score (nSPS) is 10.0. The summed E-state index contributed by atoms with van der Waals surface area (Å²) in [7, 11) is 0. The molecule has 8 nitrogen and oxygen atoms in total. The van der Waals surface area contributed by atoms with Gasteiger partial charge in [-0.25, -0.2) is 0 Å². The Morgan fingerprint density at radius 1 is 0.429 bits per heavy atom. The zero-order valence-corrected chi connectivity index (χ0v) is 34.6. The fourth-order valence-corrected chi connectivity index (χ4v) is 5.26. The van der Waals surface area contributed by atoms with Crippen LogP contribution in [0.5, 0.6) is 0 Å². The van der Waals surface area contributed by atoms with Crippen molar-refractivity contribution in [2.24, 2.45) is 0 Å². The van der Waals surface area contributed by atoms with Crippen molar-refractivity contribution in [2.75, 3.05) is 0 Å². The molecule has 0 aliphatic heterocycles. The topological polar surface area (TPSA) is 147 Å². The maximum atomic E-state index is 10.2. The van der Waals surface area contributed by atoms with Crippen LogP contribution in [0.2, 0.25) is 0 Å². The standard InChI is InChI=1S/3C12H24O2.C4H6O2.Zr/c3*1-2-3-4-5-6-7-8-9-10-11-12(13)14;1-3(2)4(5)6;/h3*2-11H2,1H3,(H,13,14);1H2,2H3,(H,5,6);/q;;;;+4/p-4. The molecule has 0 unspecified atom stereocenters. The molecule has 0 atom stereocenters. The van der Waals surface area contributed by atoms with Gasteiger partial charge in [-0.3, -0.25) is 0 Å². The van der Waals surface area contributed by atoms with Crippen LogP contribution in [0.3, 0.4) is 0 Å². The predicted molar refractivity (Wildman–Crippen MR) is 191 cm³/mol. The predicted octanol–water partition coefficient (Wildman–Crippen LogP) is 8.54. The van der Waals surface area contributed by atoms with E-state index in [1.54, 1.807) is 6.92 Å². The summed E-state index contributed by atoms with van der Waals surface area (Å²) in [6.07, 6.45) is 33.5. The van der Waals surface area contributed by atoms with Crippen LogP contribution in [-0.4, -0.2) is 23.9 Å². The molecule has 0 amide bonds. The zero-order valence-electron chi connectivity index (χ0n) is 32.2. The molecule has 0 aliphatic carbocycles. The second-order valence-electron chi connectivity index (χ2n) is 13.0. The van der Waals surface area contributed by atoms with Crippen molar-refractivity contribution in [1.82, 2.24) is 0 Å².